The Kier molecular flexibility index (Phi) is 16.2. The molecular formula is C39H59N5O6. The quantitative estimate of drug-likeness (QED) is 0.175. The van der Waals surface area contributed by atoms with Crippen LogP contribution in [0.2, 0.25) is 0 Å². The molecule has 1 saturated heterocycles. The highest BCUT2D eigenvalue weighted by Gasteiger charge is 2.42. The molecule has 0 aliphatic carbocycles. The van der Waals surface area contributed by atoms with Crippen LogP contribution in [0.15, 0.2) is 54.6 Å². The predicted molar refractivity (Wildman–Crippen MR) is 197 cm³/mol. The van der Waals surface area contributed by atoms with Crippen molar-refractivity contribution in [2.75, 3.05) is 38.9 Å². The minimum atomic E-state index is -0.860. The van der Waals surface area contributed by atoms with Gasteiger partial charge in [-0.2, -0.15) is 0 Å². The van der Waals surface area contributed by atoms with E-state index in [2.05, 4.69) is 31.4 Å². The minimum absolute atomic E-state index is 0.0534. The minimum Gasteiger partial charge on any atom is -0.399 e. The number of carbonyl (C=O) groups is 4. The number of rotatable bonds is 19. The van der Waals surface area contributed by atoms with Crippen molar-refractivity contribution in [2.45, 2.75) is 109 Å². The number of nitrogen functional groups attached to an aromatic ring is 1. The molecule has 0 bridgehead atoms. The Hall–Kier alpha value is -3.96. The van der Waals surface area contributed by atoms with Gasteiger partial charge in [-0.05, 0) is 55.0 Å². The molecule has 0 spiro atoms. The van der Waals surface area contributed by atoms with Gasteiger partial charge < -0.3 is 35.6 Å². The third kappa shape index (κ3) is 11.0. The average molecular weight is 694 g/mol. The van der Waals surface area contributed by atoms with Gasteiger partial charge in [0.25, 0.3) is 0 Å². The van der Waals surface area contributed by atoms with Crippen molar-refractivity contribution in [3.63, 3.8) is 0 Å². The molecule has 2 aromatic carbocycles. The van der Waals surface area contributed by atoms with Crippen LogP contribution in [0.25, 0.3) is 0 Å². The van der Waals surface area contributed by atoms with Gasteiger partial charge in [-0.3, -0.25) is 19.2 Å². The van der Waals surface area contributed by atoms with Gasteiger partial charge >= 0.3 is 0 Å². The second-order valence-electron chi connectivity index (χ2n) is 13.6. The zero-order valence-electron chi connectivity index (χ0n) is 31.0. The fourth-order valence-corrected chi connectivity index (χ4v) is 6.99. The molecule has 1 aliphatic heterocycles. The average Bonchev–Trinajstić information content (AvgIpc) is 3.61. The van der Waals surface area contributed by atoms with E-state index in [0.29, 0.717) is 30.8 Å². The molecule has 1 heterocycles. The summed E-state index contributed by atoms with van der Waals surface area (Å²) in [6.07, 6.45) is 3.78. The molecular weight excluding hydrogens is 634 g/mol. The molecule has 0 radical (unpaired) electrons. The Balaban J connectivity index is 1.76. The van der Waals surface area contributed by atoms with Crippen LogP contribution >= 0.6 is 0 Å². The highest BCUT2D eigenvalue weighted by Crippen LogP contribution is 2.29. The monoisotopic (exact) mass is 693 g/mol. The normalized spacial score (nSPS) is 18.0. The molecule has 11 nitrogen and oxygen atoms in total. The maximum Gasteiger partial charge on any atom is 0.247 e. The number of unbranched alkanes of at least 4 members (excludes halogenated alkanes) is 1. The van der Waals surface area contributed by atoms with E-state index in [-0.39, 0.29) is 54.5 Å². The van der Waals surface area contributed by atoms with Crippen molar-refractivity contribution in [3.8, 4) is 0 Å². The second-order valence-corrected chi connectivity index (χ2v) is 13.6. The van der Waals surface area contributed by atoms with E-state index < -0.39 is 24.2 Å². The number of carbonyl (C=O) groups excluding carboxylic acids is 4. The molecule has 7 atom stereocenters. The van der Waals surface area contributed by atoms with Gasteiger partial charge in [0, 0.05) is 52.0 Å². The van der Waals surface area contributed by atoms with Crippen molar-refractivity contribution in [3.05, 3.63) is 60.2 Å². The van der Waals surface area contributed by atoms with Crippen LogP contribution in [0, 0.1) is 11.8 Å². The lowest BCUT2D eigenvalue weighted by molar-refractivity contribution is -0.146. The summed E-state index contributed by atoms with van der Waals surface area (Å²) in [7, 11) is 4.96. The van der Waals surface area contributed by atoms with Crippen molar-refractivity contribution in [2.24, 2.45) is 11.8 Å². The molecule has 2 aromatic rings. The summed E-state index contributed by atoms with van der Waals surface area (Å²) in [6, 6.07) is 14.9. The topological polar surface area (TPSA) is 143 Å². The molecule has 3 rings (SSSR count). The lowest BCUT2D eigenvalue weighted by atomic mass is 9.90. The van der Waals surface area contributed by atoms with E-state index in [1.807, 2.05) is 42.3 Å². The summed E-state index contributed by atoms with van der Waals surface area (Å²) in [5.41, 5.74) is 7.86. The number of anilines is 2. The number of amides is 4. The van der Waals surface area contributed by atoms with Crippen molar-refractivity contribution < 1.29 is 28.7 Å². The molecule has 1 aliphatic rings. The highest BCUT2D eigenvalue weighted by molar-refractivity contribution is 5.97. The molecule has 4 amide bonds. The van der Waals surface area contributed by atoms with Gasteiger partial charge in [0.05, 0.1) is 36.6 Å². The van der Waals surface area contributed by atoms with Crippen LogP contribution in [0.5, 0.6) is 0 Å². The first kappa shape index (κ1) is 40.5. The van der Waals surface area contributed by atoms with Gasteiger partial charge in [0.15, 0.2) is 0 Å². The molecule has 4 N–H and O–H groups in total. The Bertz CT molecular complexity index is 1370. The zero-order chi connectivity index (χ0) is 36.8. The number of methoxy groups -OCH3 is 2. The lowest BCUT2D eigenvalue weighted by Gasteiger charge is -2.39. The zero-order valence-corrected chi connectivity index (χ0v) is 31.0. The fraction of sp³-hybridized carbons (Fsp3) is 0.590. The Labute approximate surface area is 298 Å². The number of nitrogens with zero attached hydrogens (tertiary/aromatic N) is 2. The number of nitrogens with two attached hydrogens (primary N) is 1. The van der Waals surface area contributed by atoms with Crippen LogP contribution in [-0.4, -0.2) is 91.6 Å². The van der Waals surface area contributed by atoms with Crippen molar-refractivity contribution >= 4 is 35.0 Å². The van der Waals surface area contributed by atoms with Crippen LogP contribution in [0.3, 0.4) is 0 Å². The molecule has 50 heavy (non-hydrogen) atoms. The van der Waals surface area contributed by atoms with E-state index >= 15 is 0 Å². The first-order chi connectivity index (χ1) is 23.9. The fourth-order valence-electron chi connectivity index (χ4n) is 6.99. The number of nitrogens with one attached hydrogen (secondary N) is 2. The van der Waals surface area contributed by atoms with E-state index in [1.54, 1.807) is 50.3 Å². The van der Waals surface area contributed by atoms with E-state index in [9.17, 15) is 19.2 Å². The standard InChI is InChI=1S/C39H59N5O6/c1-8-10-18-34(45)43(5)36(26(3)9-2)33(49-6)25-35(46)44-23-14-17-32(44)37(50-7)27(4)38(47)42-31(24-28-15-12-11-13-16-28)39(48)41-30-21-19-29(40)20-22-30/h11-13,15-16,19-22,26-27,31-33,36-37H,8-10,14,17-18,23-25,40H2,1-7H3,(H,41,48)(H,42,47)/t26?,27?,31-,32?,33?,36?,37?/m0/s1. The van der Waals surface area contributed by atoms with Crippen molar-refractivity contribution in [1.29, 1.82) is 0 Å². The summed E-state index contributed by atoms with van der Waals surface area (Å²) < 4.78 is 11.9. The first-order valence-electron chi connectivity index (χ1n) is 18.1. The first-order valence-corrected chi connectivity index (χ1v) is 18.1. The van der Waals surface area contributed by atoms with E-state index in [4.69, 9.17) is 15.2 Å². The van der Waals surface area contributed by atoms with Crippen LogP contribution in [0.1, 0.15) is 78.2 Å². The SMILES string of the molecule is CCCCC(=O)N(C)C(C(C)CC)C(CC(=O)N1CCCC1C(OC)C(C)C(=O)N[C@@H](Cc1ccccc1)C(=O)Nc1ccc(N)cc1)OC. The lowest BCUT2D eigenvalue weighted by Crippen LogP contribution is -2.54. The smallest absolute Gasteiger partial charge is 0.247 e. The number of likely N-dealkylation sites (tertiary alicyclic amines) is 1. The molecule has 11 heteroatoms. The van der Waals surface area contributed by atoms with E-state index in [1.165, 1.54) is 0 Å². The summed E-state index contributed by atoms with van der Waals surface area (Å²) >= 11 is 0. The van der Waals surface area contributed by atoms with Gasteiger partial charge in [0.1, 0.15) is 6.04 Å². The Morgan fingerprint density at radius 1 is 0.980 bits per heavy atom. The van der Waals surface area contributed by atoms with Crippen molar-refractivity contribution in [1.82, 2.24) is 15.1 Å². The van der Waals surface area contributed by atoms with Crippen LogP contribution < -0.4 is 16.4 Å². The third-order valence-electron chi connectivity index (χ3n) is 10.1. The number of ether oxygens (including phenoxy) is 2. The van der Waals surface area contributed by atoms with Gasteiger partial charge in [0.2, 0.25) is 23.6 Å². The molecule has 6 unspecified atom stereocenters. The third-order valence-corrected chi connectivity index (χ3v) is 10.1. The summed E-state index contributed by atoms with van der Waals surface area (Å²) in [5.74, 6) is -1.29. The van der Waals surface area contributed by atoms with Crippen LogP contribution in [0.4, 0.5) is 11.4 Å². The van der Waals surface area contributed by atoms with Gasteiger partial charge in [-0.25, -0.2) is 0 Å². The molecule has 1 fully saturated rings. The Morgan fingerprint density at radius 3 is 2.26 bits per heavy atom. The Morgan fingerprint density at radius 2 is 1.66 bits per heavy atom. The number of likely N-dealkylation sites (N-methyl/N-ethyl adjacent to an activating group) is 1. The molecule has 0 saturated carbocycles. The summed E-state index contributed by atoms with van der Waals surface area (Å²) in [4.78, 5) is 58.0. The summed E-state index contributed by atoms with van der Waals surface area (Å²) in [6.45, 7) is 8.54. The van der Waals surface area contributed by atoms with Gasteiger partial charge in [-0.15, -0.1) is 0 Å². The molecule has 0 aromatic heterocycles. The highest BCUT2D eigenvalue weighted by atomic mass is 16.5. The number of benzene rings is 2. The number of hydrogen-bond donors (Lipinski definition) is 3. The van der Waals surface area contributed by atoms with Gasteiger partial charge in [-0.1, -0.05) is 70.9 Å². The van der Waals surface area contributed by atoms with E-state index in [0.717, 1.165) is 31.2 Å². The molecule has 276 valence electrons. The largest absolute Gasteiger partial charge is 0.399 e. The van der Waals surface area contributed by atoms with Crippen LogP contribution in [-0.2, 0) is 35.1 Å². The second kappa shape index (κ2) is 20.0. The maximum absolute atomic E-state index is 14.0. The maximum atomic E-state index is 14.0. The summed E-state index contributed by atoms with van der Waals surface area (Å²) in [5, 5.41) is 5.87. The predicted octanol–water partition coefficient (Wildman–Crippen LogP) is 5.05. The number of hydrogen-bond acceptors (Lipinski definition) is 7.